The minimum absolute atomic E-state index is 0.644. The van der Waals surface area contributed by atoms with Crippen molar-refractivity contribution in [2.24, 2.45) is 17.8 Å². The Bertz CT molecular complexity index is 707. The molecular formula is C20H31F3N4O4. The molecule has 2 heterocycles. The molecule has 1 saturated carbocycles. The Hall–Kier alpha value is -2.14. The number of rotatable bonds is 7. The van der Waals surface area contributed by atoms with Crippen molar-refractivity contribution in [2.75, 3.05) is 59.0 Å². The molecule has 176 valence electrons. The number of nitrogens with zero attached hydrogens (tertiary/aromatic N) is 4. The van der Waals surface area contributed by atoms with E-state index in [1.165, 1.54) is 25.8 Å². The zero-order valence-electron chi connectivity index (χ0n) is 18.1. The number of methoxy groups -OCH3 is 2. The van der Waals surface area contributed by atoms with Gasteiger partial charge in [0.1, 0.15) is 12.1 Å². The van der Waals surface area contributed by atoms with E-state index in [2.05, 4.69) is 26.8 Å². The molecule has 1 saturated heterocycles. The fourth-order valence-corrected chi connectivity index (χ4v) is 4.36. The first-order valence-corrected chi connectivity index (χ1v) is 10.2. The lowest BCUT2D eigenvalue weighted by Crippen LogP contribution is -2.37. The highest BCUT2D eigenvalue weighted by Gasteiger charge is 2.41. The highest BCUT2D eigenvalue weighted by molar-refractivity contribution is 5.73. The first kappa shape index (κ1) is 25.1. The van der Waals surface area contributed by atoms with E-state index in [4.69, 9.17) is 19.4 Å². The third-order valence-electron chi connectivity index (χ3n) is 5.87. The van der Waals surface area contributed by atoms with Crippen LogP contribution >= 0.6 is 0 Å². The normalized spacial score (nSPS) is 23.2. The highest BCUT2D eigenvalue weighted by atomic mass is 19.4. The molecule has 1 aliphatic heterocycles. The summed E-state index contributed by atoms with van der Waals surface area (Å²) in [7, 11) is 5.64. The Morgan fingerprint density at radius 3 is 2.61 bits per heavy atom. The van der Waals surface area contributed by atoms with Crippen LogP contribution in [0.2, 0.25) is 0 Å². The molecule has 0 radical (unpaired) electrons. The molecule has 11 heteroatoms. The molecule has 0 amide bonds. The monoisotopic (exact) mass is 448 g/mol. The molecule has 1 aromatic heterocycles. The summed E-state index contributed by atoms with van der Waals surface area (Å²) in [6.07, 6.45) is 0.568. The largest absolute Gasteiger partial charge is 0.490 e. The van der Waals surface area contributed by atoms with Crippen LogP contribution in [-0.2, 0) is 9.53 Å². The Morgan fingerprint density at radius 2 is 2.00 bits per heavy atom. The van der Waals surface area contributed by atoms with Crippen LogP contribution in [0.15, 0.2) is 12.4 Å². The molecule has 1 aromatic rings. The topological polar surface area (TPSA) is 88.0 Å². The number of aliphatic carboxylic acids is 1. The van der Waals surface area contributed by atoms with Gasteiger partial charge in [-0.15, -0.1) is 0 Å². The minimum atomic E-state index is -5.08. The van der Waals surface area contributed by atoms with E-state index in [0.29, 0.717) is 5.88 Å². The zero-order valence-corrected chi connectivity index (χ0v) is 18.1. The van der Waals surface area contributed by atoms with Crippen molar-refractivity contribution in [3.63, 3.8) is 0 Å². The van der Waals surface area contributed by atoms with Crippen LogP contribution < -0.4 is 9.64 Å². The first-order valence-electron chi connectivity index (χ1n) is 10.2. The molecule has 1 aliphatic carbocycles. The fourth-order valence-electron chi connectivity index (χ4n) is 4.36. The fraction of sp³-hybridized carbons (Fsp3) is 0.750. The number of carbonyl (C=O) groups is 1. The van der Waals surface area contributed by atoms with E-state index in [9.17, 15) is 13.2 Å². The molecule has 1 N–H and O–H groups in total. The summed E-state index contributed by atoms with van der Waals surface area (Å²) in [6, 6.07) is 1.96. The van der Waals surface area contributed by atoms with Crippen LogP contribution in [0.1, 0.15) is 19.3 Å². The number of hydrogen-bond acceptors (Lipinski definition) is 7. The molecule has 8 nitrogen and oxygen atoms in total. The molecule has 3 rings (SSSR count). The van der Waals surface area contributed by atoms with E-state index in [0.717, 1.165) is 49.8 Å². The Kier molecular flexibility index (Phi) is 9.30. The number of carboxylic acids is 1. The van der Waals surface area contributed by atoms with Gasteiger partial charge in [0.05, 0.1) is 13.7 Å². The second kappa shape index (κ2) is 11.5. The van der Waals surface area contributed by atoms with Gasteiger partial charge in [0, 0.05) is 39.4 Å². The average Bonchev–Trinajstić information content (AvgIpc) is 3.17. The molecule has 0 bridgehead atoms. The standard InChI is InChI=1S/C18H30N4O2.C2HF3O2/c1-21(7-8-23-2)10-14-5-4-6-15-11-22(12-16(14)15)17-9-18(24-3)20-13-19-17;3-2(4,5)1(6)7/h9,13-16H,4-8,10-12H2,1-3H3;(H,6,7)/t14-,15+,16+;/m0./s1. The highest BCUT2D eigenvalue weighted by Crippen LogP contribution is 2.41. The number of halogens is 3. The summed E-state index contributed by atoms with van der Waals surface area (Å²) in [5, 5.41) is 7.12. The molecule has 31 heavy (non-hydrogen) atoms. The van der Waals surface area contributed by atoms with E-state index < -0.39 is 12.1 Å². The summed E-state index contributed by atoms with van der Waals surface area (Å²) in [5.74, 6) is 1.23. The van der Waals surface area contributed by atoms with Crippen molar-refractivity contribution in [1.82, 2.24) is 14.9 Å². The number of ether oxygens (including phenoxy) is 2. The van der Waals surface area contributed by atoms with Crippen molar-refractivity contribution in [3.05, 3.63) is 12.4 Å². The van der Waals surface area contributed by atoms with Crippen molar-refractivity contribution in [2.45, 2.75) is 25.4 Å². The number of anilines is 1. The van der Waals surface area contributed by atoms with Crippen molar-refractivity contribution < 1.29 is 32.5 Å². The quantitative estimate of drug-likeness (QED) is 0.681. The number of likely N-dealkylation sites (N-methyl/N-ethyl adjacent to an activating group) is 1. The van der Waals surface area contributed by atoms with Crippen LogP contribution in [-0.4, -0.2) is 86.2 Å². The summed E-state index contributed by atoms with van der Waals surface area (Å²) in [5.41, 5.74) is 0. The lowest BCUT2D eigenvalue weighted by molar-refractivity contribution is -0.192. The second-order valence-electron chi connectivity index (χ2n) is 8.00. The van der Waals surface area contributed by atoms with Gasteiger partial charge >= 0.3 is 12.1 Å². The molecule has 0 aromatic carbocycles. The number of alkyl halides is 3. The van der Waals surface area contributed by atoms with E-state index in [1.54, 1.807) is 20.5 Å². The van der Waals surface area contributed by atoms with Gasteiger partial charge < -0.3 is 24.4 Å². The molecule has 0 unspecified atom stereocenters. The van der Waals surface area contributed by atoms with Gasteiger partial charge in [-0.05, 0) is 37.6 Å². The lowest BCUT2D eigenvalue weighted by atomic mass is 9.74. The lowest BCUT2D eigenvalue weighted by Gasteiger charge is -2.35. The summed E-state index contributed by atoms with van der Waals surface area (Å²) in [6.45, 7) is 5.21. The number of fused-ring (bicyclic) bond motifs is 1. The van der Waals surface area contributed by atoms with Gasteiger partial charge in [-0.3, -0.25) is 0 Å². The number of hydrogen-bond donors (Lipinski definition) is 1. The van der Waals surface area contributed by atoms with Gasteiger partial charge in [-0.2, -0.15) is 13.2 Å². The maximum atomic E-state index is 10.6. The smallest absolute Gasteiger partial charge is 0.481 e. The Balaban J connectivity index is 0.000000423. The van der Waals surface area contributed by atoms with Crippen LogP contribution in [0.3, 0.4) is 0 Å². The third kappa shape index (κ3) is 7.49. The molecule has 3 atom stereocenters. The predicted octanol–water partition coefficient (Wildman–Crippen LogP) is 2.55. The minimum Gasteiger partial charge on any atom is -0.481 e. The predicted molar refractivity (Wildman–Crippen MR) is 108 cm³/mol. The SMILES string of the molecule is COCCN(C)C[C@@H]1CCC[C@@H]2CN(c3cc(OC)ncn3)C[C@@H]21.O=C(O)C(F)(F)F. The maximum absolute atomic E-state index is 10.6. The summed E-state index contributed by atoms with van der Waals surface area (Å²) >= 11 is 0. The average molecular weight is 448 g/mol. The van der Waals surface area contributed by atoms with Crippen LogP contribution in [0.5, 0.6) is 5.88 Å². The molecule has 0 spiro atoms. The number of aromatic nitrogens is 2. The van der Waals surface area contributed by atoms with Gasteiger partial charge in [0.15, 0.2) is 0 Å². The van der Waals surface area contributed by atoms with E-state index in [1.807, 2.05) is 6.07 Å². The van der Waals surface area contributed by atoms with Gasteiger partial charge in [0.25, 0.3) is 0 Å². The zero-order chi connectivity index (χ0) is 23.0. The van der Waals surface area contributed by atoms with Crippen molar-refractivity contribution >= 4 is 11.8 Å². The summed E-state index contributed by atoms with van der Waals surface area (Å²) in [4.78, 5) is 22.3. The Morgan fingerprint density at radius 1 is 1.29 bits per heavy atom. The van der Waals surface area contributed by atoms with E-state index in [-0.39, 0.29) is 0 Å². The van der Waals surface area contributed by atoms with Crippen molar-refractivity contribution in [1.29, 1.82) is 0 Å². The summed E-state index contributed by atoms with van der Waals surface area (Å²) < 4.78 is 42.2. The maximum Gasteiger partial charge on any atom is 0.490 e. The molecule has 2 aliphatic rings. The van der Waals surface area contributed by atoms with Crippen LogP contribution in [0.4, 0.5) is 19.0 Å². The van der Waals surface area contributed by atoms with Crippen molar-refractivity contribution in [3.8, 4) is 5.88 Å². The van der Waals surface area contributed by atoms with Gasteiger partial charge in [-0.1, -0.05) is 6.42 Å². The van der Waals surface area contributed by atoms with Crippen LogP contribution in [0.25, 0.3) is 0 Å². The van der Waals surface area contributed by atoms with Crippen LogP contribution in [0, 0.1) is 17.8 Å². The van der Waals surface area contributed by atoms with Gasteiger partial charge in [-0.25, -0.2) is 14.8 Å². The third-order valence-corrected chi connectivity index (χ3v) is 5.87. The van der Waals surface area contributed by atoms with Gasteiger partial charge in [0.2, 0.25) is 5.88 Å². The molecule has 2 fully saturated rings. The second-order valence-corrected chi connectivity index (χ2v) is 8.00. The molecular weight excluding hydrogens is 417 g/mol. The number of carboxylic acid groups (broad SMARTS) is 1. The first-order chi connectivity index (χ1) is 14.7. The Labute approximate surface area is 180 Å². The van der Waals surface area contributed by atoms with E-state index >= 15 is 0 Å².